The molecule has 1 heterocycles. The zero-order valence-electron chi connectivity index (χ0n) is 15.3. The van der Waals surface area contributed by atoms with Crippen molar-refractivity contribution in [3.8, 4) is 11.3 Å². The van der Waals surface area contributed by atoms with E-state index in [0.717, 1.165) is 25.0 Å². The van der Waals surface area contributed by atoms with Gasteiger partial charge in [-0.05, 0) is 37.5 Å². The lowest BCUT2D eigenvalue weighted by Gasteiger charge is -2.22. The Balaban J connectivity index is 1.80. The fraction of sp³-hybridized carbons (Fsp3) is 0.444. The van der Waals surface area contributed by atoms with Crippen LogP contribution < -0.4 is 10.3 Å². The van der Waals surface area contributed by atoms with Crippen LogP contribution in [0.1, 0.15) is 48.0 Å². The normalized spacial score (nSPS) is 15.7. The second kappa shape index (κ2) is 7.77. The molecule has 1 amide bonds. The number of nitrogens with one attached hydrogen (secondary N) is 2. The standard InChI is InChI=1S/C18H23FN4O3S/c1-12-8-13(16-10-20-11-23(16)2)9-15(17(12)19)18(24)21-22-27(25,26)14-6-4-3-5-7-14/h8-11,14,22H,3-7H2,1-2H3,(H,21,24). The lowest BCUT2D eigenvalue weighted by Crippen LogP contribution is -2.46. The topological polar surface area (TPSA) is 93.1 Å². The second-order valence-corrected chi connectivity index (χ2v) is 8.87. The van der Waals surface area contributed by atoms with Gasteiger partial charge in [0.05, 0.1) is 29.0 Å². The Morgan fingerprint density at radius 2 is 1.96 bits per heavy atom. The van der Waals surface area contributed by atoms with E-state index in [0.29, 0.717) is 18.4 Å². The Kier molecular flexibility index (Phi) is 5.61. The average Bonchev–Trinajstić information content (AvgIpc) is 3.08. The molecule has 0 radical (unpaired) electrons. The summed E-state index contributed by atoms with van der Waals surface area (Å²) < 4.78 is 40.9. The molecule has 1 saturated carbocycles. The van der Waals surface area contributed by atoms with E-state index in [2.05, 4.69) is 15.2 Å². The number of hydrogen-bond acceptors (Lipinski definition) is 4. The van der Waals surface area contributed by atoms with Gasteiger partial charge in [0.25, 0.3) is 5.91 Å². The molecule has 7 nitrogen and oxygen atoms in total. The molecule has 2 N–H and O–H groups in total. The monoisotopic (exact) mass is 394 g/mol. The van der Waals surface area contributed by atoms with Gasteiger partial charge in [-0.3, -0.25) is 10.2 Å². The molecule has 9 heteroatoms. The Hall–Kier alpha value is -2.26. The maximum absolute atomic E-state index is 14.5. The number of imidazole rings is 1. The first kappa shape index (κ1) is 19.5. The van der Waals surface area contributed by atoms with Crippen molar-refractivity contribution in [1.29, 1.82) is 0 Å². The lowest BCUT2D eigenvalue weighted by molar-refractivity contribution is 0.0940. The van der Waals surface area contributed by atoms with Crippen LogP contribution in [0, 0.1) is 12.7 Å². The molecule has 3 rings (SSSR count). The van der Waals surface area contributed by atoms with Crippen molar-refractivity contribution in [2.45, 2.75) is 44.3 Å². The average molecular weight is 394 g/mol. The van der Waals surface area contributed by atoms with Crippen molar-refractivity contribution in [3.63, 3.8) is 0 Å². The Bertz CT molecular complexity index is 950. The summed E-state index contributed by atoms with van der Waals surface area (Å²) in [5.74, 6) is -1.52. The third-order valence-corrected chi connectivity index (χ3v) is 6.65. The summed E-state index contributed by atoms with van der Waals surface area (Å²) in [5.41, 5.74) is 3.55. The number of benzene rings is 1. The molecule has 0 bridgehead atoms. The van der Waals surface area contributed by atoms with E-state index in [1.165, 1.54) is 6.07 Å². The van der Waals surface area contributed by atoms with Crippen LogP contribution in [0.5, 0.6) is 0 Å². The van der Waals surface area contributed by atoms with E-state index in [-0.39, 0.29) is 11.1 Å². The van der Waals surface area contributed by atoms with Crippen LogP contribution in [0.25, 0.3) is 11.3 Å². The smallest absolute Gasteiger partial charge is 0.269 e. The molecule has 27 heavy (non-hydrogen) atoms. The molecule has 1 aliphatic carbocycles. The van der Waals surface area contributed by atoms with Crippen LogP contribution in [0.4, 0.5) is 4.39 Å². The van der Waals surface area contributed by atoms with Gasteiger partial charge in [-0.25, -0.2) is 17.8 Å². The van der Waals surface area contributed by atoms with Crippen LogP contribution in [-0.2, 0) is 17.1 Å². The number of nitrogens with zero attached hydrogens (tertiary/aromatic N) is 2. The highest BCUT2D eigenvalue weighted by molar-refractivity contribution is 7.90. The van der Waals surface area contributed by atoms with Crippen LogP contribution in [0.3, 0.4) is 0 Å². The van der Waals surface area contributed by atoms with Crippen molar-refractivity contribution in [1.82, 2.24) is 19.8 Å². The summed E-state index contributed by atoms with van der Waals surface area (Å²) in [6, 6.07) is 3.01. The predicted molar refractivity (Wildman–Crippen MR) is 99.7 cm³/mol. The van der Waals surface area contributed by atoms with Gasteiger partial charge in [0.1, 0.15) is 5.82 Å². The highest BCUT2D eigenvalue weighted by atomic mass is 32.2. The van der Waals surface area contributed by atoms with Crippen molar-refractivity contribution in [3.05, 3.63) is 41.6 Å². The number of rotatable bonds is 5. The van der Waals surface area contributed by atoms with E-state index in [1.807, 2.05) is 0 Å². The maximum Gasteiger partial charge on any atom is 0.269 e. The number of aryl methyl sites for hydroxylation is 2. The SMILES string of the molecule is Cc1cc(-c2cncn2C)cc(C(=O)NNS(=O)(=O)C2CCCCC2)c1F. The number of halogens is 1. The van der Waals surface area contributed by atoms with Crippen molar-refractivity contribution >= 4 is 15.9 Å². The first-order valence-electron chi connectivity index (χ1n) is 8.87. The van der Waals surface area contributed by atoms with E-state index >= 15 is 0 Å². The lowest BCUT2D eigenvalue weighted by atomic mass is 10.0. The summed E-state index contributed by atoms with van der Waals surface area (Å²) in [6.45, 7) is 1.55. The summed E-state index contributed by atoms with van der Waals surface area (Å²) in [6.07, 6.45) is 7.05. The van der Waals surface area contributed by atoms with Gasteiger partial charge in [0.15, 0.2) is 0 Å². The fourth-order valence-corrected chi connectivity index (χ4v) is 4.72. The Labute approximate surface area is 158 Å². The molecule has 1 aliphatic rings. The summed E-state index contributed by atoms with van der Waals surface area (Å²) >= 11 is 0. The van der Waals surface area contributed by atoms with Crippen molar-refractivity contribution < 1.29 is 17.6 Å². The van der Waals surface area contributed by atoms with E-state index < -0.39 is 27.0 Å². The molecular weight excluding hydrogens is 371 g/mol. The molecule has 1 fully saturated rings. The molecular formula is C18H23FN4O3S. The van der Waals surface area contributed by atoms with E-state index in [9.17, 15) is 17.6 Å². The summed E-state index contributed by atoms with van der Waals surface area (Å²) in [5, 5.41) is -0.529. The fourth-order valence-electron chi connectivity index (χ4n) is 3.36. The summed E-state index contributed by atoms with van der Waals surface area (Å²) in [7, 11) is -1.90. The maximum atomic E-state index is 14.5. The highest BCUT2D eigenvalue weighted by Crippen LogP contribution is 2.25. The number of hydrazine groups is 1. The van der Waals surface area contributed by atoms with Gasteiger partial charge in [0.2, 0.25) is 10.0 Å². The zero-order chi connectivity index (χ0) is 19.6. The number of hydrogen-bond donors (Lipinski definition) is 2. The Morgan fingerprint density at radius 3 is 2.59 bits per heavy atom. The molecule has 0 saturated heterocycles. The minimum absolute atomic E-state index is 0.224. The Morgan fingerprint density at radius 1 is 1.26 bits per heavy atom. The third kappa shape index (κ3) is 4.19. The van der Waals surface area contributed by atoms with Crippen LogP contribution >= 0.6 is 0 Å². The van der Waals surface area contributed by atoms with Crippen molar-refractivity contribution in [2.24, 2.45) is 7.05 Å². The van der Waals surface area contributed by atoms with Crippen LogP contribution in [-0.4, -0.2) is 29.1 Å². The third-order valence-electron chi connectivity index (χ3n) is 4.91. The van der Waals surface area contributed by atoms with Crippen molar-refractivity contribution in [2.75, 3.05) is 0 Å². The molecule has 1 aromatic heterocycles. The zero-order valence-corrected chi connectivity index (χ0v) is 16.1. The van der Waals surface area contributed by atoms with Gasteiger partial charge >= 0.3 is 0 Å². The summed E-state index contributed by atoms with van der Waals surface area (Å²) in [4.78, 5) is 18.6. The first-order chi connectivity index (χ1) is 12.8. The molecule has 0 unspecified atom stereocenters. The number of amides is 1. The van der Waals surface area contributed by atoms with Crippen LogP contribution in [0.2, 0.25) is 0 Å². The van der Waals surface area contributed by atoms with E-state index in [4.69, 9.17) is 0 Å². The minimum atomic E-state index is -3.69. The largest absolute Gasteiger partial charge is 0.334 e. The first-order valence-corrected chi connectivity index (χ1v) is 10.4. The van der Waals surface area contributed by atoms with Gasteiger partial charge in [0, 0.05) is 12.6 Å². The molecule has 0 spiro atoms. The molecule has 2 aromatic rings. The van der Waals surface area contributed by atoms with Gasteiger partial charge in [-0.1, -0.05) is 19.3 Å². The highest BCUT2D eigenvalue weighted by Gasteiger charge is 2.28. The van der Waals surface area contributed by atoms with Gasteiger partial charge in [-0.2, -0.15) is 0 Å². The molecule has 0 aliphatic heterocycles. The van der Waals surface area contributed by atoms with Gasteiger partial charge in [-0.15, -0.1) is 4.83 Å². The second-order valence-electron chi connectivity index (χ2n) is 6.91. The molecule has 0 atom stereocenters. The van der Waals surface area contributed by atoms with Gasteiger partial charge < -0.3 is 4.57 Å². The molecule has 1 aromatic carbocycles. The number of sulfonamides is 1. The quantitative estimate of drug-likeness (QED) is 0.762. The number of carbonyl (C=O) groups excluding carboxylic acids is 1. The number of carbonyl (C=O) groups is 1. The van der Waals surface area contributed by atoms with E-state index in [1.54, 1.807) is 37.1 Å². The van der Waals surface area contributed by atoms with Crippen LogP contribution in [0.15, 0.2) is 24.7 Å². The number of aromatic nitrogens is 2. The minimum Gasteiger partial charge on any atom is -0.334 e. The predicted octanol–water partition coefficient (Wildman–Crippen LogP) is 2.43. The molecule has 146 valence electrons.